The molecule has 1 heterocycles. The first-order valence-corrected chi connectivity index (χ1v) is 7.60. The van der Waals surface area contributed by atoms with E-state index in [1.807, 2.05) is 24.3 Å². The molecule has 0 aliphatic heterocycles. The second-order valence-electron chi connectivity index (χ2n) is 5.94. The Morgan fingerprint density at radius 2 is 1.85 bits per heavy atom. The average Bonchev–Trinajstić information content (AvgIpc) is 2.81. The van der Waals surface area contributed by atoms with E-state index in [9.17, 15) is 0 Å². The number of aryl methyl sites for hydroxylation is 1. The van der Waals surface area contributed by atoms with Gasteiger partial charge in [-0.15, -0.1) is 11.3 Å². The van der Waals surface area contributed by atoms with Gasteiger partial charge in [-0.25, -0.2) is 4.98 Å². The lowest BCUT2D eigenvalue weighted by molar-refractivity contribution is 0.305. The minimum Gasteiger partial charge on any atom is -0.486 e. The molecule has 0 unspecified atom stereocenters. The van der Waals surface area contributed by atoms with Crippen LogP contribution in [-0.2, 0) is 18.6 Å². The molecule has 0 amide bonds. The van der Waals surface area contributed by atoms with Crippen molar-refractivity contribution in [3.63, 3.8) is 0 Å². The third kappa shape index (κ3) is 3.58. The van der Waals surface area contributed by atoms with Crippen molar-refractivity contribution in [1.82, 2.24) is 4.98 Å². The monoisotopic (exact) mass is 290 g/mol. The highest BCUT2D eigenvalue weighted by atomic mass is 32.1. The van der Waals surface area contributed by atoms with Crippen LogP contribution < -0.4 is 10.5 Å². The summed E-state index contributed by atoms with van der Waals surface area (Å²) in [7, 11) is 0. The summed E-state index contributed by atoms with van der Waals surface area (Å²) in [6, 6.07) is 8.06. The second kappa shape index (κ2) is 5.94. The Bertz CT molecular complexity index is 567. The minimum atomic E-state index is 0.0211. The number of hydrogen-bond acceptors (Lipinski definition) is 4. The first-order valence-electron chi connectivity index (χ1n) is 6.78. The SMILES string of the molecule is Cc1ccc(OCc2nc(C(C)(C)C)c(CN)s2)cc1. The van der Waals surface area contributed by atoms with Crippen molar-refractivity contribution in [2.24, 2.45) is 5.73 Å². The quantitative estimate of drug-likeness (QED) is 0.932. The van der Waals surface area contributed by atoms with E-state index in [4.69, 9.17) is 15.5 Å². The van der Waals surface area contributed by atoms with Crippen LogP contribution >= 0.6 is 11.3 Å². The lowest BCUT2D eigenvalue weighted by atomic mass is 9.91. The summed E-state index contributed by atoms with van der Waals surface area (Å²) >= 11 is 1.65. The van der Waals surface area contributed by atoms with E-state index in [0.717, 1.165) is 21.3 Å². The maximum Gasteiger partial charge on any atom is 0.140 e. The van der Waals surface area contributed by atoms with E-state index in [2.05, 4.69) is 27.7 Å². The van der Waals surface area contributed by atoms with Gasteiger partial charge < -0.3 is 10.5 Å². The van der Waals surface area contributed by atoms with Gasteiger partial charge in [-0.2, -0.15) is 0 Å². The highest BCUT2D eigenvalue weighted by molar-refractivity contribution is 7.11. The fourth-order valence-corrected chi connectivity index (χ4v) is 3.04. The molecule has 1 aromatic carbocycles. The van der Waals surface area contributed by atoms with Crippen molar-refractivity contribution in [3.8, 4) is 5.75 Å². The fraction of sp³-hybridized carbons (Fsp3) is 0.438. The molecule has 2 rings (SSSR count). The molecule has 0 spiro atoms. The van der Waals surface area contributed by atoms with E-state index < -0.39 is 0 Å². The van der Waals surface area contributed by atoms with Crippen LogP contribution in [0.3, 0.4) is 0 Å². The van der Waals surface area contributed by atoms with Crippen LogP contribution in [0.4, 0.5) is 0 Å². The van der Waals surface area contributed by atoms with Gasteiger partial charge in [0.15, 0.2) is 0 Å². The molecular weight excluding hydrogens is 268 g/mol. The molecule has 0 aliphatic rings. The topological polar surface area (TPSA) is 48.1 Å². The smallest absolute Gasteiger partial charge is 0.140 e. The largest absolute Gasteiger partial charge is 0.486 e. The van der Waals surface area contributed by atoms with E-state index >= 15 is 0 Å². The van der Waals surface area contributed by atoms with Crippen LogP contribution in [0.15, 0.2) is 24.3 Å². The first-order chi connectivity index (χ1) is 9.40. The normalized spacial score (nSPS) is 11.7. The van der Waals surface area contributed by atoms with Gasteiger partial charge in [-0.05, 0) is 19.1 Å². The van der Waals surface area contributed by atoms with E-state index in [1.54, 1.807) is 11.3 Å². The Morgan fingerprint density at radius 1 is 1.20 bits per heavy atom. The molecule has 0 saturated carbocycles. The van der Waals surface area contributed by atoms with Crippen LogP contribution in [0.25, 0.3) is 0 Å². The lowest BCUT2D eigenvalue weighted by Gasteiger charge is -2.16. The summed E-state index contributed by atoms with van der Waals surface area (Å²) < 4.78 is 5.78. The zero-order chi connectivity index (χ0) is 14.8. The molecule has 0 radical (unpaired) electrons. The number of ether oxygens (including phenoxy) is 1. The summed E-state index contributed by atoms with van der Waals surface area (Å²) in [6.07, 6.45) is 0. The van der Waals surface area contributed by atoms with Crippen LogP contribution in [0.1, 0.15) is 41.9 Å². The predicted molar refractivity (Wildman–Crippen MR) is 84.2 cm³/mol. The molecule has 1 aromatic heterocycles. The average molecular weight is 290 g/mol. The third-order valence-electron chi connectivity index (χ3n) is 3.02. The second-order valence-corrected chi connectivity index (χ2v) is 7.10. The van der Waals surface area contributed by atoms with Crippen LogP contribution in [0.2, 0.25) is 0 Å². The molecule has 2 aromatic rings. The van der Waals surface area contributed by atoms with Crippen molar-refractivity contribution in [1.29, 1.82) is 0 Å². The van der Waals surface area contributed by atoms with E-state index in [1.165, 1.54) is 5.56 Å². The molecule has 2 N–H and O–H groups in total. The number of nitrogens with zero attached hydrogens (tertiary/aromatic N) is 1. The van der Waals surface area contributed by atoms with Gasteiger partial charge in [0.05, 0.1) is 5.69 Å². The number of aromatic nitrogens is 1. The predicted octanol–water partition coefficient (Wildman–Crippen LogP) is 3.79. The zero-order valence-electron chi connectivity index (χ0n) is 12.6. The van der Waals surface area contributed by atoms with Crippen molar-refractivity contribution in [2.75, 3.05) is 0 Å². The van der Waals surface area contributed by atoms with Gasteiger partial charge in [0.25, 0.3) is 0 Å². The lowest BCUT2D eigenvalue weighted by Crippen LogP contribution is -2.15. The maximum absolute atomic E-state index is 5.81. The molecule has 0 fully saturated rings. The Hall–Kier alpha value is -1.39. The number of rotatable bonds is 4. The van der Waals surface area contributed by atoms with E-state index in [0.29, 0.717) is 13.2 Å². The Balaban J connectivity index is 2.10. The fourth-order valence-electron chi connectivity index (χ4n) is 1.97. The molecule has 0 saturated heterocycles. The summed E-state index contributed by atoms with van der Waals surface area (Å²) in [6.45, 7) is 9.57. The van der Waals surface area contributed by atoms with Crippen LogP contribution in [-0.4, -0.2) is 4.98 Å². The number of benzene rings is 1. The summed E-state index contributed by atoms with van der Waals surface area (Å²) in [5.74, 6) is 0.873. The molecule has 3 nitrogen and oxygen atoms in total. The number of hydrogen-bond donors (Lipinski definition) is 1. The highest BCUT2D eigenvalue weighted by Gasteiger charge is 2.22. The van der Waals surface area contributed by atoms with Crippen molar-refractivity contribution < 1.29 is 4.74 Å². The van der Waals surface area contributed by atoms with Crippen LogP contribution in [0.5, 0.6) is 5.75 Å². The van der Waals surface area contributed by atoms with Gasteiger partial charge in [0.2, 0.25) is 0 Å². The van der Waals surface area contributed by atoms with Crippen LogP contribution in [0, 0.1) is 6.92 Å². The standard InChI is InChI=1S/C16H22N2OS/c1-11-5-7-12(8-6-11)19-10-14-18-15(16(2,3)4)13(9-17)20-14/h5-8H,9-10,17H2,1-4H3. The summed E-state index contributed by atoms with van der Waals surface area (Å²) in [5, 5.41) is 0.982. The Kier molecular flexibility index (Phi) is 4.45. The van der Waals surface area contributed by atoms with Crippen molar-refractivity contribution in [2.45, 2.75) is 46.3 Å². The summed E-state index contributed by atoms with van der Waals surface area (Å²) in [4.78, 5) is 5.85. The molecule has 108 valence electrons. The molecular formula is C16H22N2OS. The molecule has 20 heavy (non-hydrogen) atoms. The highest BCUT2D eigenvalue weighted by Crippen LogP contribution is 2.29. The van der Waals surface area contributed by atoms with Crippen molar-refractivity contribution >= 4 is 11.3 Å². The minimum absolute atomic E-state index is 0.0211. The molecule has 0 atom stereocenters. The molecule has 4 heteroatoms. The maximum atomic E-state index is 5.81. The first kappa shape index (κ1) is 15.0. The van der Waals surface area contributed by atoms with Gasteiger partial charge in [-0.1, -0.05) is 38.5 Å². The van der Waals surface area contributed by atoms with Gasteiger partial charge >= 0.3 is 0 Å². The van der Waals surface area contributed by atoms with Crippen molar-refractivity contribution in [3.05, 3.63) is 45.4 Å². The molecule has 0 bridgehead atoms. The molecule has 0 aliphatic carbocycles. The Labute approximate surface area is 124 Å². The van der Waals surface area contributed by atoms with Gasteiger partial charge in [0.1, 0.15) is 17.4 Å². The summed E-state index contributed by atoms with van der Waals surface area (Å²) in [5.41, 5.74) is 8.15. The van der Waals surface area contributed by atoms with Gasteiger partial charge in [-0.3, -0.25) is 0 Å². The zero-order valence-corrected chi connectivity index (χ0v) is 13.4. The number of thiazole rings is 1. The number of nitrogens with two attached hydrogens (primary N) is 1. The third-order valence-corrected chi connectivity index (χ3v) is 4.07. The van der Waals surface area contributed by atoms with E-state index in [-0.39, 0.29) is 5.41 Å². The Morgan fingerprint density at radius 3 is 2.35 bits per heavy atom. The van der Waals surface area contributed by atoms with Gasteiger partial charge in [0, 0.05) is 16.8 Å².